The van der Waals surface area contributed by atoms with E-state index in [1.165, 1.54) is 24.3 Å². The average Bonchev–Trinajstić information content (AvgIpc) is 3.31. The van der Waals surface area contributed by atoms with Crippen LogP contribution in [0.2, 0.25) is 0 Å². The summed E-state index contributed by atoms with van der Waals surface area (Å²) < 4.78 is 42.7. The molecule has 1 atom stereocenters. The molecule has 1 aromatic heterocycles. The third kappa shape index (κ3) is 5.78. The van der Waals surface area contributed by atoms with E-state index in [1.807, 2.05) is 6.92 Å². The van der Waals surface area contributed by atoms with Crippen LogP contribution < -0.4 is 20.7 Å². The Labute approximate surface area is 178 Å². The van der Waals surface area contributed by atoms with Crippen molar-refractivity contribution in [3.63, 3.8) is 0 Å². The van der Waals surface area contributed by atoms with E-state index in [0.29, 0.717) is 23.6 Å². The van der Waals surface area contributed by atoms with Gasteiger partial charge in [-0.2, -0.15) is 0 Å². The first-order valence-electron chi connectivity index (χ1n) is 10.1. The number of alkyl halides is 3. The predicted octanol–water partition coefficient (Wildman–Crippen LogP) is 3.94. The Bertz CT molecular complexity index is 945. The zero-order valence-corrected chi connectivity index (χ0v) is 17.6. The van der Waals surface area contributed by atoms with E-state index in [0.717, 1.165) is 30.8 Å². The van der Waals surface area contributed by atoms with Crippen molar-refractivity contribution in [2.45, 2.75) is 39.2 Å². The Kier molecular flexibility index (Phi) is 6.89. The number of rotatable bonds is 7. The summed E-state index contributed by atoms with van der Waals surface area (Å²) in [5, 5.41) is 9.48. The molecule has 1 aromatic carbocycles. The highest BCUT2D eigenvalue weighted by atomic mass is 19.4. The number of carbonyl (C=O) groups is 1. The van der Waals surface area contributed by atoms with Crippen LogP contribution in [0.4, 0.5) is 24.7 Å². The zero-order valence-electron chi connectivity index (χ0n) is 17.6. The van der Waals surface area contributed by atoms with Gasteiger partial charge in [-0.1, -0.05) is 0 Å². The number of anilines is 1. The highest BCUT2D eigenvalue weighted by molar-refractivity contribution is 6.07. The molecule has 1 fully saturated rings. The van der Waals surface area contributed by atoms with E-state index in [1.54, 1.807) is 24.6 Å². The van der Waals surface area contributed by atoms with Gasteiger partial charge in [0.05, 0.1) is 11.9 Å². The van der Waals surface area contributed by atoms with E-state index in [2.05, 4.69) is 25.7 Å². The lowest BCUT2D eigenvalue weighted by atomic mass is 10.2. The largest absolute Gasteiger partial charge is 0.573 e. The molecule has 2 aromatic rings. The van der Waals surface area contributed by atoms with E-state index in [9.17, 15) is 18.0 Å². The molecule has 1 amide bonds. The summed E-state index contributed by atoms with van der Waals surface area (Å²) in [5.41, 5.74) is 2.32. The third-order valence-corrected chi connectivity index (χ3v) is 4.93. The predicted molar refractivity (Wildman–Crippen MR) is 113 cm³/mol. The normalized spacial score (nSPS) is 17.0. The van der Waals surface area contributed by atoms with Gasteiger partial charge in [0, 0.05) is 24.9 Å². The van der Waals surface area contributed by atoms with Crippen molar-refractivity contribution in [3.05, 3.63) is 41.6 Å². The van der Waals surface area contributed by atoms with Crippen LogP contribution in [0.3, 0.4) is 0 Å². The van der Waals surface area contributed by atoms with Crippen LogP contribution in [0.1, 0.15) is 42.7 Å². The zero-order chi connectivity index (χ0) is 22.6. The summed E-state index contributed by atoms with van der Waals surface area (Å²) in [4.78, 5) is 17.3. The molecule has 0 radical (unpaired) electrons. The molecule has 1 aliphatic heterocycles. The molecule has 10 heteroatoms. The molecule has 3 rings (SSSR count). The maximum absolute atomic E-state index is 12.8. The summed E-state index contributed by atoms with van der Waals surface area (Å²) in [5.74, 6) is 0.246. The number of nitrogens with zero attached hydrogens (tertiary/aromatic N) is 2. The number of hydrogen-bond acceptors (Lipinski definition) is 5. The van der Waals surface area contributed by atoms with Gasteiger partial charge in [-0.05, 0) is 63.6 Å². The highest BCUT2D eigenvalue weighted by Crippen LogP contribution is 2.27. The summed E-state index contributed by atoms with van der Waals surface area (Å²) in [6, 6.07) is 7.08. The molecule has 0 saturated carbocycles. The monoisotopic (exact) mass is 437 g/mol. The molecular formula is C21H26F3N5O2. The Hall–Kier alpha value is -3.01. The number of aromatic nitrogens is 1. The van der Waals surface area contributed by atoms with E-state index in [-0.39, 0.29) is 17.8 Å². The quantitative estimate of drug-likeness (QED) is 0.574. The van der Waals surface area contributed by atoms with Crippen molar-refractivity contribution in [2.75, 3.05) is 18.4 Å². The number of benzene rings is 1. The second-order valence-corrected chi connectivity index (χ2v) is 7.24. The van der Waals surface area contributed by atoms with Gasteiger partial charge in [0.2, 0.25) is 0 Å². The fourth-order valence-electron chi connectivity index (χ4n) is 3.49. The minimum atomic E-state index is -4.74. The first-order chi connectivity index (χ1) is 14.7. The third-order valence-electron chi connectivity index (χ3n) is 4.93. The number of nitrogens with one attached hydrogen (secondary N) is 3. The maximum atomic E-state index is 12.8. The number of carbonyl (C=O) groups excluding carboxylic acids is 1. The molecule has 0 aliphatic carbocycles. The van der Waals surface area contributed by atoms with Crippen molar-refractivity contribution in [3.8, 4) is 5.75 Å². The highest BCUT2D eigenvalue weighted by Gasteiger charge is 2.31. The summed E-state index contributed by atoms with van der Waals surface area (Å²) >= 11 is 0. The average molecular weight is 437 g/mol. The number of amides is 1. The molecule has 1 aliphatic rings. The topological polar surface area (TPSA) is 79.7 Å². The first-order valence-corrected chi connectivity index (χ1v) is 10.1. The van der Waals surface area contributed by atoms with Gasteiger partial charge in [-0.3, -0.25) is 15.1 Å². The Morgan fingerprint density at radius 1 is 1.32 bits per heavy atom. The van der Waals surface area contributed by atoms with Crippen molar-refractivity contribution < 1.29 is 22.7 Å². The van der Waals surface area contributed by atoms with Gasteiger partial charge >= 0.3 is 6.36 Å². The minimum Gasteiger partial charge on any atom is -0.406 e. The van der Waals surface area contributed by atoms with Gasteiger partial charge in [0.1, 0.15) is 17.3 Å². The number of hydrogen-bond donors (Lipinski definition) is 3. The fourth-order valence-corrected chi connectivity index (χ4v) is 3.49. The molecule has 0 spiro atoms. The lowest BCUT2D eigenvalue weighted by Gasteiger charge is -2.14. The summed E-state index contributed by atoms with van der Waals surface area (Å²) in [6.07, 6.45) is -2.88. The van der Waals surface area contributed by atoms with Crippen molar-refractivity contribution in [1.82, 2.24) is 15.2 Å². The summed E-state index contributed by atoms with van der Waals surface area (Å²) in [6.45, 7) is 5.26. The second kappa shape index (κ2) is 9.42. The lowest BCUT2D eigenvalue weighted by molar-refractivity contribution is -0.274. The number of halogens is 3. The van der Waals surface area contributed by atoms with Crippen LogP contribution >= 0.6 is 0 Å². The van der Waals surface area contributed by atoms with Crippen LogP contribution in [0.5, 0.6) is 5.75 Å². The number of ether oxygens (including phenoxy) is 1. The second-order valence-electron chi connectivity index (χ2n) is 7.24. The minimum absolute atomic E-state index is 0.0411. The first kappa shape index (κ1) is 22.7. The lowest BCUT2D eigenvalue weighted by Crippen LogP contribution is -2.41. The molecule has 3 N–H and O–H groups in total. The molecule has 2 heterocycles. The maximum Gasteiger partial charge on any atom is 0.573 e. The van der Waals surface area contributed by atoms with Crippen LogP contribution in [0, 0.1) is 0 Å². The van der Waals surface area contributed by atoms with E-state index < -0.39 is 6.36 Å². The van der Waals surface area contributed by atoms with Crippen molar-refractivity contribution in [2.24, 2.45) is 12.0 Å². The van der Waals surface area contributed by atoms with Crippen LogP contribution in [0.15, 0.2) is 35.3 Å². The van der Waals surface area contributed by atoms with Gasteiger partial charge in [-0.25, -0.2) is 0 Å². The van der Waals surface area contributed by atoms with Gasteiger partial charge in [0.25, 0.3) is 5.91 Å². The Morgan fingerprint density at radius 2 is 2.03 bits per heavy atom. The molecule has 31 heavy (non-hydrogen) atoms. The van der Waals surface area contributed by atoms with Crippen molar-refractivity contribution in [1.29, 1.82) is 0 Å². The molecule has 1 saturated heterocycles. The Morgan fingerprint density at radius 3 is 2.61 bits per heavy atom. The molecule has 7 nitrogen and oxygen atoms in total. The number of aliphatic imine (C=N–C) groups is 1. The molecule has 1 unspecified atom stereocenters. The van der Waals surface area contributed by atoms with Gasteiger partial charge in [0.15, 0.2) is 0 Å². The molecule has 168 valence electrons. The van der Waals surface area contributed by atoms with Crippen LogP contribution in [-0.4, -0.2) is 41.8 Å². The van der Waals surface area contributed by atoms with E-state index >= 15 is 0 Å². The van der Waals surface area contributed by atoms with E-state index in [4.69, 9.17) is 0 Å². The summed E-state index contributed by atoms with van der Waals surface area (Å²) in [7, 11) is 1.80. The Balaban J connectivity index is 1.85. The fraction of sp³-hybridized carbons (Fsp3) is 0.429. The van der Waals surface area contributed by atoms with Crippen LogP contribution in [-0.2, 0) is 7.05 Å². The van der Waals surface area contributed by atoms with Crippen molar-refractivity contribution >= 4 is 23.1 Å². The van der Waals surface area contributed by atoms with Crippen LogP contribution in [0.25, 0.3) is 0 Å². The standard InChI is InChI=1S/C21H26F3N5O2/c1-4-25-19-16(12-17(29(19)3)20(30)28-18-6-5-11-26-18)13(2)27-14-7-9-15(10-8-14)31-21(22,23)24/h7-10,12,18,25-26H,4-6,11H2,1-3H3,(H,28,30). The smallest absolute Gasteiger partial charge is 0.406 e. The molecule has 0 bridgehead atoms. The SMILES string of the molecule is CCNc1c(C(C)=Nc2ccc(OC(F)(F)F)cc2)cc(C(=O)NC2CCCN2)n1C. The van der Waals surface area contributed by atoms with Gasteiger partial charge < -0.3 is 19.9 Å². The van der Waals surface area contributed by atoms with Gasteiger partial charge in [-0.15, -0.1) is 13.2 Å². The molecular weight excluding hydrogens is 411 g/mol.